The Bertz CT molecular complexity index is 352. The van der Waals surface area contributed by atoms with E-state index in [4.69, 9.17) is 11.6 Å². The van der Waals surface area contributed by atoms with Gasteiger partial charge in [-0.05, 0) is 19.3 Å². The van der Waals surface area contributed by atoms with E-state index in [1.807, 2.05) is 0 Å². The maximum Gasteiger partial charge on any atom is 0.138 e. The average Bonchev–Trinajstić information content (AvgIpc) is 2.26. The maximum absolute atomic E-state index is 6.14. The first-order valence-corrected chi connectivity index (χ1v) is 6.10. The van der Waals surface area contributed by atoms with Gasteiger partial charge in [0.25, 0.3) is 0 Å². The molecule has 1 aromatic rings. The SMILES string of the molecule is CCC(C)N(C)c1ncnc(Cl)c1C(C)C. The van der Waals surface area contributed by atoms with Crippen LogP contribution in [-0.4, -0.2) is 23.1 Å². The lowest BCUT2D eigenvalue weighted by Gasteiger charge is -2.28. The van der Waals surface area contributed by atoms with Crippen molar-refractivity contribution in [1.82, 2.24) is 9.97 Å². The molecule has 90 valence electrons. The first-order valence-electron chi connectivity index (χ1n) is 5.72. The molecule has 0 aromatic carbocycles. The molecule has 1 rings (SSSR count). The van der Waals surface area contributed by atoms with Gasteiger partial charge in [0.1, 0.15) is 17.3 Å². The van der Waals surface area contributed by atoms with Crippen LogP contribution in [0.25, 0.3) is 0 Å². The molecule has 0 spiro atoms. The quantitative estimate of drug-likeness (QED) is 0.756. The van der Waals surface area contributed by atoms with Gasteiger partial charge in [-0.15, -0.1) is 0 Å². The van der Waals surface area contributed by atoms with E-state index in [1.54, 1.807) is 0 Å². The molecule has 1 unspecified atom stereocenters. The van der Waals surface area contributed by atoms with Gasteiger partial charge in [0.15, 0.2) is 0 Å². The molecular formula is C12H20ClN3. The zero-order valence-electron chi connectivity index (χ0n) is 10.7. The van der Waals surface area contributed by atoms with E-state index < -0.39 is 0 Å². The number of anilines is 1. The van der Waals surface area contributed by atoms with Crippen molar-refractivity contribution < 1.29 is 0 Å². The Morgan fingerprint density at radius 2 is 1.94 bits per heavy atom. The van der Waals surface area contributed by atoms with E-state index >= 15 is 0 Å². The third-order valence-electron chi connectivity index (χ3n) is 2.98. The molecule has 0 bridgehead atoms. The van der Waals surface area contributed by atoms with E-state index in [-0.39, 0.29) is 0 Å². The Kier molecular flexibility index (Phi) is 4.54. The number of hydrogen-bond acceptors (Lipinski definition) is 3. The molecule has 4 heteroatoms. The first kappa shape index (κ1) is 13.2. The highest BCUT2D eigenvalue weighted by Crippen LogP contribution is 2.30. The van der Waals surface area contributed by atoms with Gasteiger partial charge in [0.2, 0.25) is 0 Å². The largest absolute Gasteiger partial charge is 0.357 e. The van der Waals surface area contributed by atoms with Crippen molar-refractivity contribution >= 4 is 17.4 Å². The molecule has 0 aliphatic carbocycles. The molecule has 0 fully saturated rings. The fraction of sp³-hybridized carbons (Fsp3) is 0.667. The second-order valence-corrected chi connectivity index (χ2v) is 4.78. The molecule has 0 radical (unpaired) electrons. The van der Waals surface area contributed by atoms with Crippen LogP contribution in [0, 0.1) is 0 Å². The van der Waals surface area contributed by atoms with Crippen LogP contribution < -0.4 is 4.90 Å². The Hall–Kier alpha value is -0.830. The van der Waals surface area contributed by atoms with Crippen LogP contribution in [0.5, 0.6) is 0 Å². The lowest BCUT2D eigenvalue weighted by atomic mass is 10.0. The summed E-state index contributed by atoms with van der Waals surface area (Å²) in [6, 6.07) is 0.448. The van der Waals surface area contributed by atoms with Crippen LogP contribution in [0.2, 0.25) is 5.15 Å². The smallest absolute Gasteiger partial charge is 0.138 e. The van der Waals surface area contributed by atoms with Crippen molar-refractivity contribution in [2.24, 2.45) is 0 Å². The second kappa shape index (κ2) is 5.48. The summed E-state index contributed by atoms with van der Waals surface area (Å²) in [5.74, 6) is 1.28. The predicted octanol–water partition coefficient (Wildman–Crippen LogP) is 3.49. The zero-order valence-corrected chi connectivity index (χ0v) is 11.4. The minimum atomic E-state index is 0.329. The number of hydrogen-bond donors (Lipinski definition) is 0. The number of halogens is 1. The topological polar surface area (TPSA) is 29.0 Å². The Balaban J connectivity index is 3.17. The molecule has 1 aromatic heterocycles. The molecular weight excluding hydrogens is 222 g/mol. The Morgan fingerprint density at radius 1 is 1.31 bits per heavy atom. The van der Waals surface area contributed by atoms with E-state index in [0.717, 1.165) is 17.8 Å². The molecule has 0 amide bonds. The van der Waals surface area contributed by atoms with Gasteiger partial charge in [-0.1, -0.05) is 32.4 Å². The minimum absolute atomic E-state index is 0.329. The summed E-state index contributed by atoms with van der Waals surface area (Å²) < 4.78 is 0. The molecule has 0 saturated heterocycles. The fourth-order valence-electron chi connectivity index (χ4n) is 1.63. The average molecular weight is 242 g/mol. The van der Waals surface area contributed by atoms with Gasteiger partial charge >= 0.3 is 0 Å². The minimum Gasteiger partial charge on any atom is -0.357 e. The second-order valence-electron chi connectivity index (χ2n) is 4.42. The standard InChI is InChI=1S/C12H20ClN3/c1-6-9(4)16(5)12-10(8(2)3)11(13)14-7-15-12/h7-9H,6H2,1-5H3. The molecule has 0 aliphatic rings. The molecule has 1 heterocycles. The van der Waals surface area contributed by atoms with Gasteiger partial charge in [0, 0.05) is 18.7 Å². The molecule has 16 heavy (non-hydrogen) atoms. The zero-order chi connectivity index (χ0) is 12.3. The monoisotopic (exact) mass is 241 g/mol. The fourth-order valence-corrected chi connectivity index (χ4v) is 1.97. The summed E-state index contributed by atoms with van der Waals surface area (Å²) in [6.45, 7) is 8.57. The van der Waals surface area contributed by atoms with Crippen LogP contribution in [-0.2, 0) is 0 Å². The van der Waals surface area contributed by atoms with Crippen molar-refractivity contribution in [1.29, 1.82) is 0 Å². The Morgan fingerprint density at radius 3 is 2.44 bits per heavy atom. The highest BCUT2D eigenvalue weighted by molar-refractivity contribution is 6.30. The summed E-state index contributed by atoms with van der Waals surface area (Å²) in [6.07, 6.45) is 2.61. The van der Waals surface area contributed by atoms with E-state index in [1.165, 1.54) is 6.33 Å². The van der Waals surface area contributed by atoms with Gasteiger partial charge < -0.3 is 4.90 Å². The van der Waals surface area contributed by atoms with Crippen molar-refractivity contribution in [3.8, 4) is 0 Å². The van der Waals surface area contributed by atoms with Gasteiger partial charge in [-0.2, -0.15) is 0 Å². The van der Waals surface area contributed by atoms with E-state index in [9.17, 15) is 0 Å². The number of rotatable bonds is 4. The van der Waals surface area contributed by atoms with Crippen LogP contribution in [0.15, 0.2) is 6.33 Å². The molecule has 3 nitrogen and oxygen atoms in total. The van der Waals surface area contributed by atoms with Crippen molar-refractivity contribution in [3.05, 3.63) is 17.0 Å². The van der Waals surface area contributed by atoms with Crippen LogP contribution in [0.1, 0.15) is 45.6 Å². The molecule has 0 aliphatic heterocycles. The van der Waals surface area contributed by atoms with Gasteiger partial charge in [-0.25, -0.2) is 9.97 Å². The summed E-state index contributed by atoms with van der Waals surface area (Å²) in [5, 5.41) is 0.565. The lowest BCUT2D eigenvalue weighted by molar-refractivity contribution is 0.649. The summed E-state index contributed by atoms with van der Waals surface area (Å²) in [5.41, 5.74) is 1.03. The van der Waals surface area contributed by atoms with Gasteiger partial charge in [0.05, 0.1) is 0 Å². The number of aromatic nitrogens is 2. The summed E-state index contributed by atoms with van der Waals surface area (Å²) in [7, 11) is 2.05. The Labute approximate surface area is 103 Å². The van der Waals surface area contributed by atoms with Crippen LogP contribution in [0.3, 0.4) is 0 Å². The highest BCUT2D eigenvalue weighted by atomic mass is 35.5. The number of nitrogens with zero attached hydrogens (tertiary/aromatic N) is 3. The maximum atomic E-state index is 6.14. The van der Waals surface area contributed by atoms with E-state index in [2.05, 4.69) is 49.6 Å². The molecule has 1 atom stereocenters. The van der Waals surface area contributed by atoms with Crippen LogP contribution in [0.4, 0.5) is 5.82 Å². The van der Waals surface area contributed by atoms with Crippen molar-refractivity contribution in [2.45, 2.75) is 46.1 Å². The normalized spacial score (nSPS) is 12.9. The molecule has 0 N–H and O–H groups in total. The molecule has 0 saturated carbocycles. The van der Waals surface area contributed by atoms with Crippen LogP contribution >= 0.6 is 11.6 Å². The summed E-state index contributed by atoms with van der Waals surface area (Å²) in [4.78, 5) is 10.6. The van der Waals surface area contributed by atoms with E-state index in [0.29, 0.717) is 17.1 Å². The predicted molar refractivity (Wildman–Crippen MR) is 69.3 cm³/mol. The summed E-state index contributed by atoms with van der Waals surface area (Å²) >= 11 is 6.14. The highest BCUT2D eigenvalue weighted by Gasteiger charge is 2.18. The van der Waals surface area contributed by atoms with Crippen molar-refractivity contribution in [3.63, 3.8) is 0 Å². The third-order valence-corrected chi connectivity index (χ3v) is 3.28. The van der Waals surface area contributed by atoms with Gasteiger partial charge in [-0.3, -0.25) is 0 Å². The lowest BCUT2D eigenvalue weighted by Crippen LogP contribution is -2.30. The van der Waals surface area contributed by atoms with Crippen molar-refractivity contribution in [2.75, 3.05) is 11.9 Å². The first-order chi connectivity index (χ1) is 7.49. The third kappa shape index (κ3) is 2.64.